The van der Waals surface area contributed by atoms with Crippen molar-refractivity contribution in [2.45, 2.75) is 84.3 Å². The Labute approximate surface area is 252 Å². The van der Waals surface area contributed by atoms with E-state index in [0.717, 1.165) is 31.3 Å². The normalized spacial score (nSPS) is 23.6. The average Bonchev–Trinajstić information content (AvgIpc) is 3.03. The molecule has 0 radical (unpaired) electrons. The molecule has 1 atom stereocenters. The van der Waals surface area contributed by atoms with Crippen LogP contribution in [0.3, 0.4) is 0 Å². The van der Waals surface area contributed by atoms with Crippen LogP contribution in [0.4, 0.5) is 0 Å². The van der Waals surface area contributed by atoms with Crippen molar-refractivity contribution in [2.75, 3.05) is 6.54 Å². The van der Waals surface area contributed by atoms with Crippen LogP contribution < -0.4 is 5.32 Å². The monoisotopic (exact) mass is 599 g/mol. The summed E-state index contributed by atoms with van der Waals surface area (Å²) in [5, 5.41) is 12.4. The van der Waals surface area contributed by atoms with Crippen LogP contribution in [0, 0.1) is 11.3 Å². The summed E-state index contributed by atoms with van der Waals surface area (Å²) in [6.07, 6.45) is 12.0. The summed E-state index contributed by atoms with van der Waals surface area (Å²) in [6, 6.07) is 4.87. The number of carbonyl (C=O) groups is 3. The molecule has 2 N–H and O–H groups in total. The molecule has 0 bridgehead atoms. The van der Waals surface area contributed by atoms with Crippen LogP contribution in [0.25, 0.3) is 0 Å². The fourth-order valence-corrected chi connectivity index (χ4v) is 6.74. The predicted molar refractivity (Wildman–Crippen MR) is 163 cm³/mol. The van der Waals surface area contributed by atoms with Crippen LogP contribution in [0.15, 0.2) is 58.6 Å². The summed E-state index contributed by atoms with van der Waals surface area (Å²) < 4.78 is 0. The van der Waals surface area contributed by atoms with Crippen molar-refractivity contribution >= 4 is 46.7 Å². The summed E-state index contributed by atoms with van der Waals surface area (Å²) in [5.41, 5.74) is 1.96. The summed E-state index contributed by atoms with van der Waals surface area (Å²) >= 11 is 12.6. The zero-order valence-electron chi connectivity index (χ0n) is 24.2. The number of allylic oxidation sites excluding steroid dienone is 3. The maximum Gasteiger partial charge on any atom is 0.305 e. The first-order chi connectivity index (χ1) is 19.3. The van der Waals surface area contributed by atoms with E-state index in [1.54, 1.807) is 24.3 Å². The molecule has 1 fully saturated rings. The molecule has 41 heavy (non-hydrogen) atoms. The zero-order chi connectivity index (χ0) is 29.9. The lowest BCUT2D eigenvalue weighted by Gasteiger charge is -2.47. The van der Waals surface area contributed by atoms with Gasteiger partial charge in [-0.15, -0.1) is 0 Å². The Morgan fingerprint density at radius 2 is 1.80 bits per heavy atom. The molecule has 0 saturated heterocycles. The summed E-state index contributed by atoms with van der Waals surface area (Å²) in [5.74, 6) is -0.861. The molecule has 7 nitrogen and oxygen atoms in total. The quantitative estimate of drug-likeness (QED) is 0.345. The Bertz CT molecular complexity index is 1310. The van der Waals surface area contributed by atoms with E-state index >= 15 is 0 Å². The topological polar surface area (TPSA) is 99.1 Å². The largest absolute Gasteiger partial charge is 0.481 e. The molecular formula is C32H39Cl2N3O4. The number of nitrogens with zero attached hydrogens (tertiary/aromatic N) is 2. The van der Waals surface area contributed by atoms with E-state index in [1.807, 2.05) is 23.1 Å². The lowest BCUT2D eigenvalue weighted by Crippen LogP contribution is -2.54. The van der Waals surface area contributed by atoms with Gasteiger partial charge in [0, 0.05) is 27.7 Å². The highest BCUT2D eigenvalue weighted by atomic mass is 35.5. The third kappa shape index (κ3) is 6.95. The highest BCUT2D eigenvalue weighted by Crippen LogP contribution is 2.48. The minimum atomic E-state index is -0.963. The molecule has 9 heteroatoms. The Hall–Kier alpha value is -2.90. The average molecular weight is 601 g/mol. The van der Waals surface area contributed by atoms with Gasteiger partial charge in [-0.2, -0.15) is 0 Å². The van der Waals surface area contributed by atoms with E-state index in [4.69, 9.17) is 33.3 Å². The van der Waals surface area contributed by atoms with E-state index in [9.17, 15) is 14.4 Å². The zero-order valence-corrected chi connectivity index (χ0v) is 25.7. The van der Waals surface area contributed by atoms with Gasteiger partial charge in [-0.25, -0.2) is 0 Å². The van der Waals surface area contributed by atoms with Crippen molar-refractivity contribution in [1.29, 1.82) is 0 Å². The number of carboxylic acids is 1. The number of aliphatic carboxylic acids is 1. The number of carboxylic acid groups (broad SMARTS) is 1. The van der Waals surface area contributed by atoms with Gasteiger partial charge >= 0.3 is 5.97 Å². The maximum atomic E-state index is 14.3. The second kappa shape index (κ2) is 12.5. The first kappa shape index (κ1) is 31.0. The molecule has 1 spiro atoms. The minimum absolute atomic E-state index is 0.0668. The molecular weight excluding hydrogens is 561 g/mol. The number of amides is 2. The Morgan fingerprint density at radius 3 is 2.39 bits per heavy atom. The number of nitrogens with one attached hydrogen (secondary N) is 1. The van der Waals surface area contributed by atoms with Crippen molar-refractivity contribution in [3.8, 4) is 0 Å². The van der Waals surface area contributed by atoms with E-state index in [0.29, 0.717) is 45.7 Å². The number of halogens is 2. The van der Waals surface area contributed by atoms with E-state index in [1.165, 1.54) is 0 Å². The van der Waals surface area contributed by atoms with Crippen molar-refractivity contribution < 1.29 is 19.5 Å². The first-order valence-corrected chi connectivity index (χ1v) is 15.1. The van der Waals surface area contributed by atoms with Gasteiger partial charge in [0.15, 0.2) is 0 Å². The van der Waals surface area contributed by atoms with Gasteiger partial charge < -0.3 is 15.3 Å². The highest BCUT2D eigenvalue weighted by molar-refractivity contribution is 6.48. The fourth-order valence-electron chi connectivity index (χ4n) is 6.22. The van der Waals surface area contributed by atoms with Crippen molar-refractivity contribution in [2.24, 2.45) is 16.3 Å². The Morgan fingerprint density at radius 1 is 1.15 bits per heavy atom. The minimum Gasteiger partial charge on any atom is -0.481 e. The van der Waals surface area contributed by atoms with Crippen molar-refractivity contribution in [3.63, 3.8) is 0 Å². The molecule has 2 aliphatic carbocycles. The van der Waals surface area contributed by atoms with Gasteiger partial charge in [-0.3, -0.25) is 19.4 Å². The Kier molecular flexibility index (Phi) is 9.49. The fraction of sp³-hybridized carbons (Fsp3) is 0.500. The molecule has 1 heterocycles. The number of hydrogen-bond acceptors (Lipinski definition) is 4. The van der Waals surface area contributed by atoms with Gasteiger partial charge in [0.05, 0.1) is 12.5 Å². The summed E-state index contributed by atoms with van der Waals surface area (Å²) in [4.78, 5) is 44.9. The molecule has 4 rings (SSSR count). The van der Waals surface area contributed by atoms with Crippen LogP contribution in [0.1, 0.15) is 78.2 Å². The second-order valence-corrected chi connectivity index (χ2v) is 13.1. The van der Waals surface area contributed by atoms with E-state index in [2.05, 4.69) is 33.0 Å². The van der Waals surface area contributed by atoms with Crippen LogP contribution in [0.5, 0.6) is 0 Å². The number of benzene rings is 1. The first-order valence-electron chi connectivity index (χ1n) is 14.3. The van der Waals surface area contributed by atoms with Gasteiger partial charge in [0.1, 0.15) is 11.4 Å². The summed E-state index contributed by atoms with van der Waals surface area (Å²) in [6.45, 7) is 8.94. The predicted octanol–water partition coefficient (Wildman–Crippen LogP) is 6.74. The highest BCUT2D eigenvalue weighted by Gasteiger charge is 2.52. The molecule has 2 amide bonds. The van der Waals surface area contributed by atoms with Gasteiger partial charge in [-0.05, 0) is 73.6 Å². The standard InChI is InChI=1S/C32H39Cl2N3O4/c1-5-26(20-7-6-8-21(10-9-20)29(40)35-16-13-27(38)39)37-30(41)28(22-17-24(33)19-25(34)18-22)36-32(37)14-11-23(12-15-32)31(2,3)4/h6-7,9-10,17-19,23,26H,5,8,11-16H2,1-4H3,(H,35,40)(H,38,39). The smallest absolute Gasteiger partial charge is 0.305 e. The molecule has 1 unspecified atom stereocenters. The number of rotatable bonds is 8. The van der Waals surface area contributed by atoms with Crippen LogP contribution in [-0.4, -0.2) is 51.8 Å². The van der Waals surface area contributed by atoms with Gasteiger partial charge in [0.25, 0.3) is 5.91 Å². The van der Waals surface area contributed by atoms with Gasteiger partial charge in [0.2, 0.25) is 5.91 Å². The van der Waals surface area contributed by atoms with E-state index < -0.39 is 11.6 Å². The number of hydrogen-bond donors (Lipinski definition) is 2. The molecule has 3 aliphatic rings. The molecule has 220 valence electrons. The molecule has 0 aromatic heterocycles. The third-order valence-electron chi connectivity index (χ3n) is 8.46. The second-order valence-electron chi connectivity index (χ2n) is 12.2. The van der Waals surface area contributed by atoms with Crippen LogP contribution in [-0.2, 0) is 14.4 Å². The SMILES string of the molecule is CCC(C1=CC=C(C(=O)NCCC(=O)O)CC=C1)N1C(=O)C(c2cc(Cl)cc(Cl)c2)=NC12CCC(C(C)(C)C)CC2. The Balaban J connectivity index is 1.69. The molecule has 1 saturated carbocycles. The van der Waals surface area contributed by atoms with Gasteiger partial charge in [-0.1, -0.05) is 75.2 Å². The lowest BCUT2D eigenvalue weighted by molar-refractivity contribution is -0.137. The number of carbonyl (C=O) groups excluding carboxylic acids is 2. The van der Waals surface area contributed by atoms with Crippen molar-refractivity contribution in [3.05, 3.63) is 69.3 Å². The molecule has 1 aliphatic heterocycles. The lowest BCUT2D eigenvalue weighted by atomic mass is 9.69. The number of aliphatic imine (C=N–C) groups is 1. The maximum absolute atomic E-state index is 14.3. The molecule has 1 aromatic rings. The van der Waals surface area contributed by atoms with Crippen molar-refractivity contribution in [1.82, 2.24) is 10.2 Å². The van der Waals surface area contributed by atoms with Crippen LogP contribution >= 0.6 is 23.2 Å². The molecule has 1 aromatic carbocycles. The van der Waals surface area contributed by atoms with Crippen LogP contribution in [0.2, 0.25) is 10.0 Å². The summed E-state index contributed by atoms with van der Waals surface area (Å²) in [7, 11) is 0. The van der Waals surface area contributed by atoms with E-state index in [-0.39, 0.29) is 36.2 Å². The third-order valence-corrected chi connectivity index (χ3v) is 8.90.